The summed E-state index contributed by atoms with van der Waals surface area (Å²) in [5, 5.41) is 19.5. The fourth-order valence-electron chi connectivity index (χ4n) is 3.03. The maximum Gasteiger partial charge on any atom is 0.319 e. The summed E-state index contributed by atoms with van der Waals surface area (Å²) in [5.41, 5.74) is 3.94. The van der Waals surface area contributed by atoms with Crippen molar-refractivity contribution in [2.75, 3.05) is 18.5 Å². The van der Waals surface area contributed by atoms with Gasteiger partial charge in [-0.15, -0.1) is 0 Å². The van der Waals surface area contributed by atoms with E-state index in [1.165, 1.54) is 0 Å². The molecule has 0 fully saturated rings. The Morgan fingerprint density at radius 1 is 1.25 bits per heavy atom. The minimum Gasteiger partial charge on any atom is -0.469 e. The van der Waals surface area contributed by atoms with E-state index in [2.05, 4.69) is 15.7 Å². The summed E-state index contributed by atoms with van der Waals surface area (Å²) >= 11 is 0. The van der Waals surface area contributed by atoms with Crippen LogP contribution in [0, 0.1) is 19.8 Å². The second kappa shape index (κ2) is 9.23. The van der Waals surface area contributed by atoms with Crippen LogP contribution in [0.25, 0.3) is 0 Å². The topological polar surface area (TPSA) is 92.3 Å². The van der Waals surface area contributed by atoms with Gasteiger partial charge < -0.3 is 20.2 Å². The highest BCUT2D eigenvalue weighted by Crippen LogP contribution is 2.13. The number of aryl methyl sites for hydroxylation is 2. The van der Waals surface area contributed by atoms with Crippen molar-refractivity contribution in [1.29, 1.82) is 0 Å². The molecule has 28 heavy (non-hydrogen) atoms. The molecule has 3 aromatic rings. The van der Waals surface area contributed by atoms with Gasteiger partial charge in [0.1, 0.15) is 5.76 Å². The van der Waals surface area contributed by atoms with E-state index in [1.807, 2.05) is 61.0 Å². The molecule has 0 radical (unpaired) electrons. The Balaban J connectivity index is 1.47. The lowest BCUT2D eigenvalue weighted by atomic mass is 10.1. The standard InChI is InChI=1S/C21H26N4O3/c1-15-10-16(2)25(24-15)13-17-5-7-19(8-6-17)23-21(27)22-12-18(14-26)11-20-4-3-9-28-20/h3-10,18,26H,11-14H2,1-2H3,(H2,22,23,27)/t18-/m0/s1. The highest BCUT2D eigenvalue weighted by atomic mass is 16.3. The molecule has 2 amide bonds. The molecule has 0 aliphatic heterocycles. The van der Waals surface area contributed by atoms with Crippen molar-refractivity contribution in [3.8, 4) is 0 Å². The number of amides is 2. The van der Waals surface area contributed by atoms with E-state index >= 15 is 0 Å². The number of carbonyl (C=O) groups is 1. The van der Waals surface area contributed by atoms with Crippen molar-refractivity contribution in [2.45, 2.75) is 26.8 Å². The van der Waals surface area contributed by atoms with Crippen LogP contribution in [-0.4, -0.2) is 34.1 Å². The zero-order valence-corrected chi connectivity index (χ0v) is 16.2. The minimum absolute atomic E-state index is 0.0258. The molecule has 0 spiro atoms. The second-order valence-electron chi connectivity index (χ2n) is 6.95. The molecule has 0 saturated heterocycles. The van der Waals surface area contributed by atoms with E-state index in [-0.39, 0.29) is 18.6 Å². The molecule has 2 heterocycles. The number of furan rings is 1. The molecule has 0 aliphatic rings. The summed E-state index contributed by atoms with van der Waals surface area (Å²) in [4.78, 5) is 12.1. The lowest BCUT2D eigenvalue weighted by Gasteiger charge is -2.14. The van der Waals surface area contributed by atoms with E-state index in [1.54, 1.807) is 6.26 Å². The van der Waals surface area contributed by atoms with Gasteiger partial charge in [-0.3, -0.25) is 4.68 Å². The Morgan fingerprint density at radius 3 is 2.64 bits per heavy atom. The maximum absolute atomic E-state index is 12.1. The van der Waals surface area contributed by atoms with Gasteiger partial charge in [-0.2, -0.15) is 5.10 Å². The van der Waals surface area contributed by atoms with Crippen LogP contribution in [0.4, 0.5) is 10.5 Å². The SMILES string of the molecule is Cc1cc(C)n(Cc2ccc(NC(=O)NC[C@@H](CO)Cc3ccco3)cc2)n1. The number of hydrogen-bond donors (Lipinski definition) is 3. The highest BCUT2D eigenvalue weighted by Gasteiger charge is 2.12. The minimum atomic E-state index is -0.302. The highest BCUT2D eigenvalue weighted by molar-refractivity contribution is 5.89. The number of rotatable bonds is 8. The molecule has 1 atom stereocenters. The molecule has 0 bridgehead atoms. The Morgan fingerprint density at radius 2 is 2.04 bits per heavy atom. The van der Waals surface area contributed by atoms with Gasteiger partial charge in [0.25, 0.3) is 0 Å². The van der Waals surface area contributed by atoms with Crippen molar-refractivity contribution < 1.29 is 14.3 Å². The molecule has 7 heteroatoms. The molecule has 3 N–H and O–H groups in total. The number of nitrogens with one attached hydrogen (secondary N) is 2. The average Bonchev–Trinajstić information content (AvgIpc) is 3.29. The summed E-state index contributed by atoms with van der Waals surface area (Å²) in [7, 11) is 0. The van der Waals surface area contributed by atoms with E-state index < -0.39 is 0 Å². The Labute approximate surface area is 164 Å². The average molecular weight is 382 g/mol. The van der Waals surface area contributed by atoms with Gasteiger partial charge in [0, 0.05) is 36.9 Å². The fourth-order valence-corrected chi connectivity index (χ4v) is 3.03. The number of anilines is 1. The smallest absolute Gasteiger partial charge is 0.319 e. The van der Waals surface area contributed by atoms with Gasteiger partial charge >= 0.3 is 6.03 Å². The first-order valence-corrected chi connectivity index (χ1v) is 9.31. The van der Waals surface area contributed by atoms with Crippen LogP contribution >= 0.6 is 0 Å². The van der Waals surface area contributed by atoms with E-state index in [0.29, 0.717) is 25.2 Å². The molecule has 0 aliphatic carbocycles. The van der Waals surface area contributed by atoms with Gasteiger partial charge in [0.15, 0.2) is 0 Å². The third kappa shape index (κ3) is 5.47. The van der Waals surface area contributed by atoms with Gasteiger partial charge in [0.05, 0.1) is 18.5 Å². The Kier molecular flexibility index (Phi) is 6.49. The van der Waals surface area contributed by atoms with Crippen LogP contribution in [0.1, 0.15) is 22.7 Å². The molecule has 3 rings (SSSR count). The van der Waals surface area contributed by atoms with Crippen LogP contribution in [-0.2, 0) is 13.0 Å². The second-order valence-corrected chi connectivity index (χ2v) is 6.95. The predicted molar refractivity (Wildman–Crippen MR) is 107 cm³/mol. The largest absolute Gasteiger partial charge is 0.469 e. The molecule has 2 aromatic heterocycles. The molecule has 0 saturated carbocycles. The lowest BCUT2D eigenvalue weighted by Crippen LogP contribution is -2.34. The molecule has 1 aromatic carbocycles. The summed E-state index contributed by atoms with van der Waals surface area (Å²) in [6.07, 6.45) is 2.17. The van der Waals surface area contributed by atoms with Crippen LogP contribution in [0.15, 0.2) is 53.1 Å². The number of aromatic nitrogens is 2. The first kappa shape index (κ1) is 19.7. The van der Waals surface area contributed by atoms with Crippen LogP contribution in [0.5, 0.6) is 0 Å². The molecule has 0 unspecified atom stereocenters. The molecular weight excluding hydrogens is 356 g/mol. The summed E-state index contributed by atoms with van der Waals surface area (Å²) in [5.74, 6) is 0.694. The zero-order valence-electron chi connectivity index (χ0n) is 16.2. The normalized spacial score (nSPS) is 12.0. The van der Waals surface area contributed by atoms with E-state index in [4.69, 9.17) is 4.42 Å². The van der Waals surface area contributed by atoms with Crippen molar-refractivity contribution in [2.24, 2.45) is 5.92 Å². The number of aliphatic hydroxyl groups is 1. The zero-order chi connectivity index (χ0) is 19.9. The number of benzene rings is 1. The number of nitrogens with zero attached hydrogens (tertiary/aromatic N) is 2. The third-order valence-electron chi connectivity index (χ3n) is 4.53. The number of urea groups is 1. The van der Waals surface area contributed by atoms with Gasteiger partial charge in [0.2, 0.25) is 0 Å². The van der Waals surface area contributed by atoms with Crippen LogP contribution < -0.4 is 10.6 Å². The molecule has 148 valence electrons. The Bertz CT molecular complexity index is 885. The fraction of sp³-hybridized carbons (Fsp3) is 0.333. The van der Waals surface area contributed by atoms with Crippen molar-refractivity contribution >= 4 is 11.7 Å². The summed E-state index contributed by atoms with van der Waals surface area (Å²) in [6, 6.07) is 13.1. The van der Waals surface area contributed by atoms with Crippen LogP contribution in [0.2, 0.25) is 0 Å². The van der Waals surface area contributed by atoms with Gasteiger partial charge in [-0.05, 0) is 49.7 Å². The predicted octanol–water partition coefficient (Wildman–Crippen LogP) is 3.11. The van der Waals surface area contributed by atoms with Gasteiger partial charge in [-0.25, -0.2) is 4.79 Å². The summed E-state index contributed by atoms with van der Waals surface area (Å²) in [6.45, 7) is 5.04. The maximum atomic E-state index is 12.1. The van der Waals surface area contributed by atoms with Gasteiger partial charge in [-0.1, -0.05) is 12.1 Å². The quantitative estimate of drug-likeness (QED) is 0.558. The molecular formula is C21H26N4O3. The van der Waals surface area contributed by atoms with Crippen molar-refractivity contribution in [3.05, 3.63) is 71.4 Å². The van der Waals surface area contributed by atoms with Crippen molar-refractivity contribution in [1.82, 2.24) is 15.1 Å². The Hall–Kier alpha value is -3.06. The first-order valence-electron chi connectivity index (χ1n) is 9.31. The number of carbonyl (C=O) groups excluding carboxylic acids is 1. The number of hydrogen-bond acceptors (Lipinski definition) is 4. The van der Waals surface area contributed by atoms with Crippen LogP contribution in [0.3, 0.4) is 0 Å². The monoisotopic (exact) mass is 382 g/mol. The third-order valence-corrected chi connectivity index (χ3v) is 4.53. The summed E-state index contributed by atoms with van der Waals surface area (Å²) < 4.78 is 7.24. The lowest BCUT2D eigenvalue weighted by molar-refractivity contribution is 0.213. The molecule has 7 nitrogen and oxygen atoms in total. The van der Waals surface area contributed by atoms with Crippen molar-refractivity contribution in [3.63, 3.8) is 0 Å². The van der Waals surface area contributed by atoms with E-state index in [0.717, 1.165) is 22.7 Å². The first-order chi connectivity index (χ1) is 13.5. The van der Waals surface area contributed by atoms with E-state index in [9.17, 15) is 9.90 Å². The number of aliphatic hydroxyl groups excluding tert-OH is 1.